The second-order valence-electron chi connectivity index (χ2n) is 5.50. The van der Waals surface area contributed by atoms with Gasteiger partial charge in [0.2, 0.25) is 0 Å². The lowest BCUT2D eigenvalue weighted by molar-refractivity contribution is 0.241. The Hall–Kier alpha value is -1.32. The molecule has 0 fully saturated rings. The summed E-state index contributed by atoms with van der Waals surface area (Å²) in [6.07, 6.45) is 3.35. The fourth-order valence-corrected chi connectivity index (χ4v) is 1.20. The molecule has 1 N–H and O–H groups in total. The molecule has 1 amide bonds. The molecule has 0 atom stereocenters. The highest BCUT2D eigenvalue weighted by Crippen LogP contribution is 2.19. The van der Waals surface area contributed by atoms with Crippen LogP contribution in [0.5, 0.6) is 0 Å². The zero-order valence-corrected chi connectivity index (χ0v) is 10.7. The van der Waals surface area contributed by atoms with Gasteiger partial charge in [-0.2, -0.15) is 0 Å². The van der Waals surface area contributed by atoms with E-state index in [4.69, 9.17) is 0 Å². The van der Waals surface area contributed by atoms with E-state index in [9.17, 15) is 4.79 Å². The number of nitrogens with zero attached hydrogens (tertiary/aromatic N) is 2. The third-order valence-electron chi connectivity index (χ3n) is 2.25. The molecule has 0 aliphatic rings. The van der Waals surface area contributed by atoms with Gasteiger partial charge in [0.05, 0.1) is 5.69 Å². The summed E-state index contributed by atoms with van der Waals surface area (Å²) in [5.74, 6) is 0.453. The van der Waals surface area contributed by atoms with Crippen LogP contribution < -0.4 is 5.32 Å². The van der Waals surface area contributed by atoms with Gasteiger partial charge in [-0.25, -0.2) is 9.78 Å². The molecule has 0 saturated carbocycles. The topological polar surface area (TPSA) is 46.9 Å². The van der Waals surface area contributed by atoms with Gasteiger partial charge in [0.15, 0.2) is 0 Å². The van der Waals surface area contributed by atoms with Crippen molar-refractivity contribution in [2.24, 2.45) is 5.92 Å². The van der Waals surface area contributed by atoms with Gasteiger partial charge in [-0.05, 0) is 5.92 Å². The van der Waals surface area contributed by atoms with Crippen molar-refractivity contribution in [3.05, 3.63) is 18.2 Å². The number of carbonyl (C=O) groups is 1. The van der Waals surface area contributed by atoms with Crippen molar-refractivity contribution >= 4 is 6.03 Å². The minimum absolute atomic E-state index is 0.0242. The van der Waals surface area contributed by atoms with Crippen molar-refractivity contribution in [3.8, 4) is 0 Å². The lowest BCUT2D eigenvalue weighted by atomic mass is 9.93. The highest BCUT2D eigenvalue weighted by molar-refractivity contribution is 5.76. The van der Waals surface area contributed by atoms with Gasteiger partial charge in [0.25, 0.3) is 0 Å². The van der Waals surface area contributed by atoms with Gasteiger partial charge in [-0.15, -0.1) is 0 Å². The maximum absolute atomic E-state index is 11.7. The molecule has 0 aliphatic heterocycles. The highest BCUT2D eigenvalue weighted by atomic mass is 16.2. The smallest absolute Gasteiger partial charge is 0.326 e. The zero-order valence-electron chi connectivity index (χ0n) is 10.7. The lowest BCUT2D eigenvalue weighted by Gasteiger charge is -2.14. The van der Waals surface area contributed by atoms with Crippen LogP contribution in [0.25, 0.3) is 0 Å². The molecule has 0 radical (unpaired) electrons. The molecule has 0 spiro atoms. The second kappa shape index (κ2) is 4.68. The number of amides is 1. The van der Waals surface area contributed by atoms with Gasteiger partial charge in [-0.3, -0.25) is 4.57 Å². The van der Waals surface area contributed by atoms with Crippen LogP contribution in [0.1, 0.15) is 40.3 Å². The number of aromatic nitrogens is 2. The average Bonchev–Trinajstić information content (AvgIpc) is 2.61. The van der Waals surface area contributed by atoms with E-state index in [-0.39, 0.29) is 11.4 Å². The molecule has 0 aromatic carbocycles. The third kappa shape index (κ3) is 3.36. The van der Waals surface area contributed by atoms with Crippen LogP contribution in [0.4, 0.5) is 4.79 Å². The molecule has 1 heterocycles. The predicted octanol–water partition coefficient (Wildman–Crippen LogP) is 2.39. The first-order valence-corrected chi connectivity index (χ1v) is 5.63. The van der Waals surface area contributed by atoms with E-state index in [0.717, 1.165) is 5.69 Å². The predicted molar refractivity (Wildman–Crippen MR) is 64.6 cm³/mol. The van der Waals surface area contributed by atoms with Crippen LogP contribution in [-0.2, 0) is 5.41 Å². The molecular weight excluding hydrogens is 202 g/mol. The summed E-state index contributed by atoms with van der Waals surface area (Å²) in [5, 5.41) is 2.85. The minimum atomic E-state index is -0.114. The van der Waals surface area contributed by atoms with Crippen molar-refractivity contribution in [1.82, 2.24) is 14.9 Å². The number of carbonyl (C=O) groups excluding carboxylic acids is 1. The van der Waals surface area contributed by atoms with Crippen molar-refractivity contribution in [2.45, 2.75) is 40.0 Å². The van der Waals surface area contributed by atoms with E-state index in [0.29, 0.717) is 12.5 Å². The van der Waals surface area contributed by atoms with Crippen molar-refractivity contribution in [2.75, 3.05) is 6.54 Å². The summed E-state index contributed by atoms with van der Waals surface area (Å²) in [7, 11) is 0. The minimum Gasteiger partial charge on any atom is -0.337 e. The molecule has 16 heavy (non-hydrogen) atoms. The SMILES string of the molecule is CC(C)CNC(=O)n1cnc(C(C)(C)C)c1. The van der Waals surface area contributed by atoms with Crippen molar-refractivity contribution < 1.29 is 4.79 Å². The summed E-state index contributed by atoms with van der Waals surface area (Å²) >= 11 is 0. The van der Waals surface area contributed by atoms with Crippen molar-refractivity contribution in [1.29, 1.82) is 0 Å². The largest absolute Gasteiger partial charge is 0.337 e. The summed E-state index contributed by atoms with van der Waals surface area (Å²) in [6.45, 7) is 11.0. The molecule has 1 aromatic rings. The molecular formula is C12H21N3O. The third-order valence-corrected chi connectivity index (χ3v) is 2.25. The first-order valence-electron chi connectivity index (χ1n) is 5.63. The van der Waals surface area contributed by atoms with Crippen LogP contribution in [0.2, 0.25) is 0 Å². The number of hydrogen-bond donors (Lipinski definition) is 1. The van der Waals surface area contributed by atoms with E-state index in [1.165, 1.54) is 4.57 Å². The Bertz CT molecular complexity index is 361. The molecule has 4 heteroatoms. The molecule has 0 saturated heterocycles. The fraction of sp³-hybridized carbons (Fsp3) is 0.667. The molecule has 0 unspecified atom stereocenters. The van der Waals surface area contributed by atoms with Gasteiger partial charge < -0.3 is 5.32 Å². The van der Waals surface area contributed by atoms with E-state index in [2.05, 4.69) is 44.9 Å². The zero-order chi connectivity index (χ0) is 12.3. The Morgan fingerprint density at radius 2 is 2.12 bits per heavy atom. The summed E-state index contributed by atoms with van der Waals surface area (Å²) in [6, 6.07) is -0.114. The number of rotatable bonds is 2. The average molecular weight is 223 g/mol. The Kier molecular flexibility index (Phi) is 3.73. The number of imidazole rings is 1. The first-order chi connectivity index (χ1) is 7.30. The number of nitrogens with one attached hydrogen (secondary N) is 1. The Morgan fingerprint density at radius 1 is 1.50 bits per heavy atom. The first kappa shape index (κ1) is 12.7. The number of hydrogen-bond acceptors (Lipinski definition) is 2. The van der Waals surface area contributed by atoms with Gasteiger partial charge in [0, 0.05) is 18.2 Å². The monoisotopic (exact) mass is 223 g/mol. The normalized spacial score (nSPS) is 11.9. The van der Waals surface area contributed by atoms with Crippen LogP contribution in [-0.4, -0.2) is 22.1 Å². The van der Waals surface area contributed by atoms with Gasteiger partial charge >= 0.3 is 6.03 Å². The molecule has 90 valence electrons. The van der Waals surface area contributed by atoms with E-state index in [1.807, 2.05) is 0 Å². The quantitative estimate of drug-likeness (QED) is 0.836. The van der Waals surface area contributed by atoms with E-state index in [1.54, 1.807) is 12.5 Å². The summed E-state index contributed by atoms with van der Waals surface area (Å²) in [4.78, 5) is 15.9. The van der Waals surface area contributed by atoms with Crippen LogP contribution >= 0.6 is 0 Å². The fourth-order valence-electron chi connectivity index (χ4n) is 1.20. The maximum Gasteiger partial charge on any atom is 0.326 e. The van der Waals surface area contributed by atoms with Crippen LogP contribution in [0.15, 0.2) is 12.5 Å². The van der Waals surface area contributed by atoms with E-state index >= 15 is 0 Å². The Labute approximate surface area is 97.1 Å². The summed E-state index contributed by atoms with van der Waals surface area (Å²) < 4.78 is 1.50. The Morgan fingerprint density at radius 3 is 2.56 bits per heavy atom. The maximum atomic E-state index is 11.7. The molecule has 0 bridgehead atoms. The van der Waals surface area contributed by atoms with Crippen LogP contribution in [0.3, 0.4) is 0 Å². The Balaban J connectivity index is 2.67. The lowest BCUT2D eigenvalue weighted by Crippen LogP contribution is -2.30. The molecule has 1 rings (SSSR count). The highest BCUT2D eigenvalue weighted by Gasteiger charge is 2.18. The standard InChI is InChI=1S/C12H21N3O/c1-9(2)6-13-11(16)15-7-10(14-8-15)12(3,4)5/h7-9H,6H2,1-5H3,(H,13,16). The summed E-state index contributed by atoms with van der Waals surface area (Å²) in [5.41, 5.74) is 0.899. The molecule has 1 aromatic heterocycles. The molecule has 0 aliphatic carbocycles. The second-order valence-corrected chi connectivity index (χ2v) is 5.50. The molecule has 4 nitrogen and oxygen atoms in total. The van der Waals surface area contributed by atoms with Gasteiger partial charge in [-0.1, -0.05) is 34.6 Å². The van der Waals surface area contributed by atoms with Crippen LogP contribution in [0, 0.1) is 5.92 Å². The van der Waals surface area contributed by atoms with E-state index < -0.39 is 0 Å². The van der Waals surface area contributed by atoms with Gasteiger partial charge in [0.1, 0.15) is 6.33 Å². The van der Waals surface area contributed by atoms with Crippen molar-refractivity contribution in [3.63, 3.8) is 0 Å².